The topological polar surface area (TPSA) is 0 Å². The quantitative estimate of drug-likeness (QED) is 0.181. The predicted octanol–water partition coefficient (Wildman–Crippen LogP) is 12.8. The zero-order valence-electron chi connectivity index (χ0n) is 26.4. The van der Waals surface area contributed by atoms with Crippen LogP contribution in [-0.2, 0) is 5.41 Å². The smallest absolute Gasteiger partial charge is 0.0159 e. The van der Waals surface area contributed by atoms with Crippen LogP contribution in [0.25, 0.3) is 76.8 Å². The molecule has 0 radical (unpaired) electrons. The SMILES string of the molecule is Cc1ccc(-c2cc(-c3c4ccccc4c(-c4ccc5c(c4)C(C)(C)c4ccccc4-5)c4ccccc34)c3ccccc3c2)cc1. The van der Waals surface area contributed by atoms with Gasteiger partial charge in [0.1, 0.15) is 0 Å². The van der Waals surface area contributed by atoms with Crippen LogP contribution < -0.4 is 0 Å². The summed E-state index contributed by atoms with van der Waals surface area (Å²) in [6, 6.07) is 56.6. The van der Waals surface area contributed by atoms with Gasteiger partial charge in [-0.05, 0) is 113 Å². The molecule has 1 aliphatic carbocycles. The maximum atomic E-state index is 2.47. The van der Waals surface area contributed by atoms with E-state index < -0.39 is 0 Å². The summed E-state index contributed by atoms with van der Waals surface area (Å²) in [5.74, 6) is 0. The van der Waals surface area contributed by atoms with Gasteiger partial charge in [-0.25, -0.2) is 0 Å². The van der Waals surface area contributed by atoms with Gasteiger partial charge in [-0.15, -0.1) is 0 Å². The van der Waals surface area contributed by atoms with E-state index in [0.717, 1.165) is 0 Å². The molecule has 0 saturated carbocycles. The summed E-state index contributed by atoms with van der Waals surface area (Å²) in [7, 11) is 0. The third kappa shape index (κ3) is 3.93. The van der Waals surface area contributed by atoms with Crippen molar-refractivity contribution in [1.29, 1.82) is 0 Å². The average Bonchev–Trinajstić information content (AvgIpc) is 3.32. The van der Waals surface area contributed by atoms with Gasteiger partial charge in [-0.1, -0.05) is 153 Å². The van der Waals surface area contributed by atoms with Crippen molar-refractivity contribution in [1.82, 2.24) is 0 Å². The van der Waals surface area contributed by atoms with E-state index in [1.54, 1.807) is 0 Å². The van der Waals surface area contributed by atoms with E-state index in [1.807, 2.05) is 0 Å². The van der Waals surface area contributed by atoms with E-state index in [1.165, 1.54) is 93.5 Å². The van der Waals surface area contributed by atoms with E-state index in [4.69, 9.17) is 0 Å². The molecule has 0 N–H and O–H groups in total. The largest absolute Gasteiger partial charge is 0.0619 e. The van der Waals surface area contributed by atoms with E-state index >= 15 is 0 Å². The molecule has 0 nitrogen and oxygen atoms in total. The minimum absolute atomic E-state index is 0.0528. The maximum absolute atomic E-state index is 2.47. The molecule has 0 bridgehead atoms. The molecule has 46 heavy (non-hydrogen) atoms. The second kappa shape index (κ2) is 10.0. The van der Waals surface area contributed by atoms with Crippen LogP contribution in [-0.4, -0.2) is 0 Å². The number of aryl methyl sites for hydroxylation is 1. The Balaban J connectivity index is 1.36. The van der Waals surface area contributed by atoms with Crippen molar-refractivity contribution in [3.05, 3.63) is 168 Å². The highest BCUT2D eigenvalue weighted by atomic mass is 14.4. The van der Waals surface area contributed by atoms with Crippen molar-refractivity contribution in [2.45, 2.75) is 26.2 Å². The Labute approximate surface area is 270 Å². The molecule has 9 rings (SSSR count). The molecule has 0 spiro atoms. The molecule has 0 saturated heterocycles. The van der Waals surface area contributed by atoms with Crippen molar-refractivity contribution in [2.75, 3.05) is 0 Å². The lowest BCUT2D eigenvalue weighted by atomic mass is 9.80. The highest BCUT2D eigenvalue weighted by molar-refractivity contribution is 6.24. The lowest BCUT2D eigenvalue weighted by Crippen LogP contribution is -2.14. The zero-order chi connectivity index (χ0) is 31.0. The third-order valence-corrected chi connectivity index (χ3v) is 10.3. The molecule has 8 aromatic carbocycles. The summed E-state index contributed by atoms with van der Waals surface area (Å²) >= 11 is 0. The number of benzene rings is 8. The summed E-state index contributed by atoms with van der Waals surface area (Å²) < 4.78 is 0. The molecular formula is C46H34. The Morgan fingerprint density at radius 1 is 0.370 bits per heavy atom. The summed E-state index contributed by atoms with van der Waals surface area (Å²) in [5, 5.41) is 7.67. The average molecular weight is 587 g/mol. The van der Waals surface area contributed by atoms with Crippen LogP contribution in [0.4, 0.5) is 0 Å². The lowest BCUT2D eigenvalue weighted by Gasteiger charge is -2.23. The first-order valence-electron chi connectivity index (χ1n) is 16.3. The summed E-state index contributed by atoms with van der Waals surface area (Å²) in [6.07, 6.45) is 0. The number of fused-ring (bicyclic) bond motifs is 6. The maximum Gasteiger partial charge on any atom is 0.0159 e. The first-order valence-corrected chi connectivity index (χ1v) is 16.3. The highest BCUT2D eigenvalue weighted by Crippen LogP contribution is 2.51. The first kappa shape index (κ1) is 26.9. The van der Waals surface area contributed by atoms with Crippen LogP contribution in [0, 0.1) is 6.92 Å². The molecule has 0 unspecified atom stereocenters. The monoisotopic (exact) mass is 586 g/mol. The molecule has 1 aliphatic rings. The van der Waals surface area contributed by atoms with Crippen LogP contribution in [0.2, 0.25) is 0 Å². The Morgan fingerprint density at radius 2 is 0.913 bits per heavy atom. The van der Waals surface area contributed by atoms with Crippen LogP contribution in [0.15, 0.2) is 152 Å². The van der Waals surface area contributed by atoms with E-state index in [9.17, 15) is 0 Å². The predicted molar refractivity (Wildman–Crippen MR) is 198 cm³/mol. The highest BCUT2D eigenvalue weighted by Gasteiger charge is 2.35. The van der Waals surface area contributed by atoms with Crippen LogP contribution in [0.1, 0.15) is 30.5 Å². The van der Waals surface area contributed by atoms with Gasteiger partial charge in [0.2, 0.25) is 0 Å². The van der Waals surface area contributed by atoms with Crippen molar-refractivity contribution >= 4 is 32.3 Å². The molecule has 0 aliphatic heterocycles. The van der Waals surface area contributed by atoms with Crippen LogP contribution in [0.5, 0.6) is 0 Å². The molecule has 0 atom stereocenters. The molecule has 218 valence electrons. The second-order valence-corrected chi connectivity index (χ2v) is 13.4. The summed E-state index contributed by atoms with van der Waals surface area (Å²) in [4.78, 5) is 0. The van der Waals surface area contributed by atoms with Crippen molar-refractivity contribution in [3.8, 4) is 44.5 Å². The minimum atomic E-state index is -0.0528. The fraction of sp³-hybridized carbons (Fsp3) is 0.0870. The number of rotatable bonds is 3. The van der Waals surface area contributed by atoms with Crippen LogP contribution >= 0.6 is 0 Å². The Hall–Kier alpha value is -5.46. The van der Waals surface area contributed by atoms with Gasteiger partial charge in [0.05, 0.1) is 0 Å². The van der Waals surface area contributed by atoms with Gasteiger partial charge >= 0.3 is 0 Å². The first-order chi connectivity index (χ1) is 22.5. The van der Waals surface area contributed by atoms with Gasteiger partial charge in [-0.2, -0.15) is 0 Å². The molecule has 0 heteroatoms. The Morgan fingerprint density at radius 3 is 1.61 bits per heavy atom. The van der Waals surface area contributed by atoms with Crippen molar-refractivity contribution < 1.29 is 0 Å². The molecular weight excluding hydrogens is 553 g/mol. The molecule has 8 aromatic rings. The van der Waals surface area contributed by atoms with Gasteiger partial charge < -0.3 is 0 Å². The lowest BCUT2D eigenvalue weighted by molar-refractivity contribution is 0.660. The molecule has 0 heterocycles. The summed E-state index contributed by atoms with van der Waals surface area (Å²) in [6.45, 7) is 6.88. The Kier molecular flexibility index (Phi) is 5.86. The normalized spacial score (nSPS) is 13.3. The van der Waals surface area contributed by atoms with E-state index in [0.29, 0.717) is 0 Å². The van der Waals surface area contributed by atoms with Crippen LogP contribution in [0.3, 0.4) is 0 Å². The van der Waals surface area contributed by atoms with Gasteiger partial charge in [0.15, 0.2) is 0 Å². The second-order valence-electron chi connectivity index (χ2n) is 13.4. The number of hydrogen-bond acceptors (Lipinski definition) is 0. The third-order valence-electron chi connectivity index (χ3n) is 10.3. The van der Waals surface area contributed by atoms with Crippen molar-refractivity contribution in [3.63, 3.8) is 0 Å². The summed E-state index contributed by atoms with van der Waals surface area (Å²) in [5.41, 5.74) is 14.4. The molecule has 0 amide bonds. The fourth-order valence-corrected chi connectivity index (χ4v) is 8.02. The number of hydrogen-bond donors (Lipinski definition) is 0. The van der Waals surface area contributed by atoms with E-state index in [2.05, 4.69) is 172 Å². The molecule has 0 aromatic heterocycles. The van der Waals surface area contributed by atoms with Gasteiger partial charge in [0, 0.05) is 5.41 Å². The minimum Gasteiger partial charge on any atom is -0.0619 e. The zero-order valence-corrected chi connectivity index (χ0v) is 26.4. The standard InChI is InChI=1S/C46H34/c1-29-20-22-30(23-21-29)33-26-31-12-4-5-13-34(31)41(27-33)45-39-17-8-6-15-37(39)44(38-16-7-9-18-40(38)45)32-24-25-36-35-14-10-11-19-42(35)46(2,3)43(36)28-32/h4-28H,1-3H3. The fourth-order valence-electron chi connectivity index (χ4n) is 8.02. The Bertz CT molecular complexity index is 2430. The van der Waals surface area contributed by atoms with E-state index in [-0.39, 0.29) is 5.41 Å². The van der Waals surface area contributed by atoms with Gasteiger partial charge in [-0.3, -0.25) is 0 Å². The molecule has 0 fully saturated rings. The van der Waals surface area contributed by atoms with Gasteiger partial charge in [0.25, 0.3) is 0 Å². The van der Waals surface area contributed by atoms with Crippen molar-refractivity contribution in [2.24, 2.45) is 0 Å².